The smallest absolute Gasteiger partial charge is 0.263 e. The SMILES string of the molecule is COC1CCN(C(=O)c2ccc3n(c2=O)C[C@H]2C[C@@H]3CN(C(=O)C3CCC3)C2)CC1. The summed E-state index contributed by atoms with van der Waals surface area (Å²) in [4.78, 5) is 42.8. The molecule has 2 bridgehead atoms. The highest BCUT2D eigenvalue weighted by molar-refractivity contribution is 5.94. The van der Waals surface area contributed by atoms with Crippen LogP contribution in [0.5, 0.6) is 0 Å². The zero-order valence-electron chi connectivity index (χ0n) is 17.7. The van der Waals surface area contributed by atoms with Gasteiger partial charge in [-0.2, -0.15) is 0 Å². The third-order valence-electron chi connectivity index (χ3n) is 7.66. The minimum Gasteiger partial charge on any atom is -0.381 e. The number of ether oxygens (including phenoxy) is 1. The van der Waals surface area contributed by atoms with E-state index in [1.165, 1.54) is 0 Å². The number of likely N-dealkylation sites (tertiary alicyclic amines) is 2. The molecule has 0 radical (unpaired) electrons. The summed E-state index contributed by atoms with van der Waals surface area (Å²) in [6, 6.07) is 3.67. The number of fused-ring (bicyclic) bond motifs is 4. The summed E-state index contributed by atoms with van der Waals surface area (Å²) in [6.07, 6.45) is 6.04. The summed E-state index contributed by atoms with van der Waals surface area (Å²) in [5, 5.41) is 0. The Bertz CT molecular complexity index is 898. The highest BCUT2D eigenvalue weighted by Gasteiger charge is 2.39. The van der Waals surface area contributed by atoms with Crippen molar-refractivity contribution in [1.29, 1.82) is 0 Å². The van der Waals surface area contributed by atoms with Crippen molar-refractivity contribution >= 4 is 11.8 Å². The van der Waals surface area contributed by atoms with Crippen LogP contribution in [0.3, 0.4) is 0 Å². The lowest BCUT2D eigenvalue weighted by atomic mass is 9.80. The van der Waals surface area contributed by atoms with E-state index in [2.05, 4.69) is 0 Å². The Morgan fingerprint density at radius 1 is 1.00 bits per heavy atom. The molecule has 0 aromatic carbocycles. The van der Waals surface area contributed by atoms with E-state index in [-0.39, 0.29) is 35.0 Å². The van der Waals surface area contributed by atoms with Crippen LogP contribution in [0.15, 0.2) is 16.9 Å². The van der Waals surface area contributed by atoms with Crippen LogP contribution in [0.25, 0.3) is 0 Å². The number of nitrogens with zero attached hydrogens (tertiary/aromatic N) is 3. The first-order valence-corrected chi connectivity index (χ1v) is 11.4. The number of carbonyl (C=O) groups excluding carboxylic acids is 2. The van der Waals surface area contributed by atoms with Crippen molar-refractivity contribution in [1.82, 2.24) is 14.4 Å². The molecule has 30 heavy (non-hydrogen) atoms. The summed E-state index contributed by atoms with van der Waals surface area (Å²) < 4.78 is 7.20. The molecule has 7 heteroatoms. The van der Waals surface area contributed by atoms with Gasteiger partial charge in [-0.25, -0.2) is 0 Å². The molecule has 0 spiro atoms. The average molecular weight is 414 g/mol. The molecule has 2 amide bonds. The van der Waals surface area contributed by atoms with Gasteiger partial charge in [0.05, 0.1) is 6.10 Å². The van der Waals surface area contributed by atoms with Gasteiger partial charge in [-0.05, 0) is 50.2 Å². The fourth-order valence-electron chi connectivity index (χ4n) is 5.67. The van der Waals surface area contributed by atoms with Gasteiger partial charge in [0, 0.05) is 57.4 Å². The normalized spacial score (nSPS) is 26.8. The average Bonchev–Trinajstić information content (AvgIpc) is 2.73. The first-order valence-electron chi connectivity index (χ1n) is 11.4. The Labute approximate surface area is 177 Å². The fraction of sp³-hybridized carbons (Fsp3) is 0.696. The van der Waals surface area contributed by atoms with Crippen molar-refractivity contribution in [3.05, 3.63) is 33.7 Å². The predicted octanol–water partition coefficient (Wildman–Crippen LogP) is 1.85. The molecule has 4 heterocycles. The minimum atomic E-state index is -0.167. The van der Waals surface area contributed by atoms with E-state index in [9.17, 15) is 14.4 Å². The Balaban J connectivity index is 1.35. The maximum absolute atomic E-state index is 13.2. The van der Waals surface area contributed by atoms with Crippen molar-refractivity contribution < 1.29 is 14.3 Å². The monoisotopic (exact) mass is 413 g/mol. The van der Waals surface area contributed by atoms with E-state index in [0.717, 1.165) is 50.8 Å². The molecule has 2 saturated heterocycles. The van der Waals surface area contributed by atoms with Crippen LogP contribution in [0, 0.1) is 11.8 Å². The van der Waals surface area contributed by atoms with E-state index in [1.807, 2.05) is 15.5 Å². The molecule has 1 saturated carbocycles. The zero-order chi connectivity index (χ0) is 20.8. The summed E-state index contributed by atoms with van der Waals surface area (Å²) in [7, 11) is 1.70. The molecule has 162 valence electrons. The highest BCUT2D eigenvalue weighted by atomic mass is 16.5. The molecule has 1 aromatic heterocycles. The third kappa shape index (κ3) is 3.37. The summed E-state index contributed by atoms with van der Waals surface area (Å²) in [6.45, 7) is 3.29. The fourth-order valence-corrected chi connectivity index (χ4v) is 5.67. The first kappa shape index (κ1) is 19.8. The zero-order valence-corrected chi connectivity index (χ0v) is 17.7. The number of rotatable bonds is 3. The maximum Gasteiger partial charge on any atom is 0.263 e. The molecular weight excluding hydrogens is 382 g/mol. The van der Waals surface area contributed by atoms with Crippen LogP contribution in [0.1, 0.15) is 60.5 Å². The van der Waals surface area contributed by atoms with E-state index < -0.39 is 0 Å². The lowest BCUT2D eigenvalue weighted by molar-refractivity contribution is -0.141. The molecule has 0 N–H and O–H groups in total. The van der Waals surface area contributed by atoms with Gasteiger partial charge in [-0.1, -0.05) is 6.42 Å². The van der Waals surface area contributed by atoms with E-state index in [1.54, 1.807) is 18.1 Å². The van der Waals surface area contributed by atoms with Crippen molar-refractivity contribution in [3.63, 3.8) is 0 Å². The summed E-state index contributed by atoms with van der Waals surface area (Å²) in [5.41, 5.74) is 1.09. The molecule has 2 atom stereocenters. The number of hydrogen-bond acceptors (Lipinski definition) is 4. The molecule has 7 nitrogen and oxygen atoms in total. The van der Waals surface area contributed by atoms with Gasteiger partial charge in [0.15, 0.2) is 0 Å². The van der Waals surface area contributed by atoms with Gasteiger partial charge in [-0.3, -0.25) is 14.4 Å². The Hall–Kier alpha value is -2.15. The summed E-state index contributed by atoms with van der Waals surface area (Å²) >= 11 is 0. The van der Waals surface area contributed by atoms with Crippen LogP contribution in [0.4, 0.5) is 0 Å². The van der Waals surface area contributed by atoms with Crippen LogP contribution >= 0.6 is 0 Å². The predicted molar refractivity (Wildman–Crippen MR) is 111 cm³/mol. The Morgan fingerprint density at radius 3 is 2.43 bits per heavy atom. The lowest BCUT2D eigenvalue weighted by Crippen LogP contribution is -2.52. The number of pyridine rings is 1. The quantitative estimate of drug-likeness (QED) is 0.758. The number of piperidine rings is 2. The molecule has 3 fully saturated rings. The van der Waals surface area contributed by atoms with Crippen LogP contribution in [-0.2, 0) is 16.1 Å². The molecule has 1 aliphatic carbocycles. The van der Waals surface area contributed by atoms with Gasteiger partial charge in [0.1, 0.15) is 5.56 Å². The van der Waals surface area contributed by atoms with Gasteiger partial charge in [-0.15, -0.1) is 0 Å². The van der Waals surface area contributed by atoms with Crippen LogP contribution in [0.2, 0.25) is 0 Å². The van der Waals surface area contributed by atoms with Crippen molar-refractivity contribution in [2.75, 3.05) is 33.3 Å². The first-order chi connectivity index (χ1) is 14.5. The molecule has 5 rings (SSSR count). The topological polar surface area (TPSA) is 71.8 Å². The Kier molecular flexibility index (Phi) is 5.17. The van der Waals surface area contributed by atoms with Gasteiger partial charge in [0.25, 0.3) is 11.5 Å². The number of amides is 2. The van der Waals surface area contributed by atoms with Gasteiger partial charge in [0.2, 0.25) is 5.91 Å². The van der Waals surface area contributed by atoms with Crippen molar-refractivity contribution in [2.45, 2.75) is 57.1 Å². The number of hydrogen-bond donors (Lipinski definition) is 0. The maximum atomic E-state index is 13.2. The molecule has 1 aromatic rings. The second kappa shape index (κ2) is 7.84. The largest absolute Gasteiger partial charge is 0.381 e. The minimum absolute atomic E-state index is 0.164. The standard InChI is InChI=1S/C23H31N3O4/c1-30-18-7-9-24(10-8-18)22(28)19-5-6-20-17-11-15(13-26(20)23(19)29)12-25(14-17)21(27)16-3-2-4-16/h5-6,15-18H,2-4,7-14H2,1H3/t15-,17+/m0/s1. The second-order valence-corrected chi connectivity index (χ2v) is 9.48. The third-order valence-corrected chi connectivity index (χ3v) is 7.66. The summed E-state index contributed by atoms with van der Waals surface area (Å²) in [5.74, 6) is 0.838. The molecular formula is C23H31N3O4. The van der Waals surface area contributed by atoms with Gasteiger partial charge < -0.3 is 19.1 Å². The van der Waals surface area contributed by atoms with Crippen LogP contribution in [-0.4, -0.2) is 65.6 Å². The number of carbonyl (C=O) groups is 2. The second-order valence-electron chi connectivity index (χ2n) is 9.48. The van der Waals surface area contributed by atoms with Crippen molar-refractivity contribution in [2.24, 2.45) is 11.8 Å². The van der Waals surface area contributed by atoms with Crippen LogP contribution < -0.4 is 5.56 Å². The van der Waals surface area contributed by atoms with E-state index in [4.69, 9.17) is 4.74 Å². The van der Waals surface area contributed by atoms with Crippen molar-refractivity contribution in [3.8, 4) is 0 Å². The lowest BCUT2D eigenvalue weighted by Gasteiger charge is -2.44. The van der Waals surface area contributed by atoms with E-state index in [0.29, 0.717) is 38.0 Å². The molecule has 0 unspecified atom stereocenters. The highest BCUT2D eigenvalue weighted by Crippen LogP contribution is 2.37. The Morgan fingerprint density at radius 2 is 1.77 bits per heavy atom. The molecule has 3 aliphatic heterocycles. The van der Waals surface area contributed by atoms with E-state index >= 15 is 0 Å². The van der Waals surface area contributed by atoms with Gasteiger partial charge >= 0.3 is 0 Å². The number of aromatic nitrogens is 1. The molecule has 4 aliphatic rings. The number of methoxy groups -OCH3 is 1.